The second-order valence-corrected chi connectivity index (χ2v) is 4.58. The lowest BCUT2D eigenvalue weighted by Gasteiger charge is -2.18. The number of carbonyl (C=O) groups is 5. The molecule has 0 saturated carbocycles. The smallest absolute Gasteiger partial charge is 0.323 e. The van der Waals surface area contributed by atoms with Crippen LogP contribution in [0.3, 0.4) is 0 Å². The molecular weight excluding hydrogens is 332 g/mol. The van der Waals surface area contributed by atoms with Crippen LogP contribution < -0.4 is 33.0 Å². The molecule has 0 aliphatic carbocycles. The van der Waals surface area contributed by atoms with Crippen LogP contribution in [-0.4, -0.2) is 59.2 Å². The highest BCUT2D eigenvalue weighted by molar-refractivity contribution is 7.80. The van der Waals surface area contributed by atoms with Crippen LogP contribution in [0.5, 0.6) is 0 Å². The zero-order valence-corrected chi connectivity index (χ0v) is 12.8. The molecule has 5 amide bonds. The molecule has 0 aromatic carbocycles. The van der Waals surface area contributed by atoms with Crippen LogP contribution in [-0.2, 0) is 19.2 Å². The summed E-state index contributed by atoms with van der Waals surface area (Å²) in [6.45, 7) is -0.690. The summed E-state index contributed by atoms with van der Waals surface area (Å²) in [4.78, 5) is 55.8. The van der Waals surface area contributed by atoms with E-state index in [1.807, 2.05) is 21.5 Å². The van der Waals surface area contributed by atoms with Gasteiger partial charge in [-0.3, -0.25) is 30.0 Å². The summed E-state index contributed by atoms with van der Waals surface area (Å²) in [5.41, 5.74) is 14.2. The molecule has 0 bridgehead atoms. The van der Waals surface area contributed by atoms with Gasteiger partial charge in [-0.25, -0.2) is 4.79 Å². The Morgan fingerprint density at radius 1 is 1.09 bits per heavy atom. The molecule has 0 aliphatic rings. The highest BCUT2D eigenvalue weighted by Gasteiger charge is 2.24. The molecule has 23 heavy (non-hydrogen) atoms. The second kappa shape index (κ2) is 10.2. The minimum atomic E-state index is -1.42. The number of rotatable bonds is 8. The summed E-state index contributed by atoms with van der Waals surface area (Å²) >= 11 is 3.80. The number of urea groups is 1. The van der Waals surface area contributed by atoms with Crippen LogP contribution in [0.2, 0.25) is 0 Å². The fourth-order valence-electron chi connectivity index (χ4n) is 1.16. The fraction of sp³-hybridized carbons (Fsp3) is 0.500. The molecule has 0 fully saturated rings. The van der Waals surface area contributed by atoms with Crippen molar-refractivity contribution in [3.63, 3.8) is 0 Å². The number of primary amides is 1. The highest BCUT2D eigenvalue weighted by Crippen LogP contribution is 1.92. The van der Waals surface area contributed by atoms with Crippen molar-refractivity contribution in [1.29, 1.82) is 0 Å². The van der Waals surface area contributed by atoms with Gasteiger partial charge in [0.1, 0.15) is 12.6 Å². The van der Waals surface area contributed by atoms with Gasteiger partial charge in [-0.2, -0.15) is 12.6 Å². The Hall–Kier alpha value is -2.54. The third-order valence-corrected chi connectivity index (χ3v) is 2.66. The van der Waals surface area contributed by atoms with E-state index in [1.54, 1.807) is 0 Å². The van der Waals surface area contributed by atoms with E-state index >= 15 is 0 Å². The molecule has 2 atom stereocenters. The first-order valence-corrected chi connectivity index (χ1v) is 6.81. The van der Waals surface area contributed by atoms with E-state index in [1.165, 1.54) is 0 Å². The average Bonchev–Trinajstić information content (AvgIpc) is 2.48. The van der Waals surface area contributed by atoms with Crippen molar-refractivity contribution < 1.29 is 29.1 Å². The van der Waals surface area contributed by atoms with Gasteiger partial charge in [-0.1, -0.05) is 0 Å². The van der Waals surface area contributed by atoms with E-state index < -0.39 is 54.8 Å². The molecule has 13 heteroatoms. The first-order chi connectivity index (χ1) is 10.7. The van der Waals surface area contributed by atoms with Crippen LogP contribution in [0.25, 0.3) is 0 Å². The lowest BCUT2D eigenvalue weighted by atomic mass is 10.2. The molecule has 12 nitrogen and oxygen atoms in total. The Labute approximate surface area is 136 Å². The maximum absolute atomic E-state index is 11.8. The minimum Gasteiger partial charge on any atom is -0.480 e. The number of carbonyl (C=O) groups excluding carboxylic acids is 4. The quantitative estimate of drug-likeness (QED) is 0.161. The fourth-order valence-corrected chi connectivity index (χ4v) is 1.33. The van der Waals surface area contributed by atoms with Crippen LogP contribution in [0.15, 0.2) is 0 Å². The minimum absolute atomic E-state index is 0.0300. The van der Waals surface area contributed by atoms with Crippen LogP contribution in [0.4, 0.5) is 4.79 Å². The first-order valence-electron chi connectivity index (χ1n) is 6.18. The van der Waals surface area contributed by atoms with Crippen molar-refractivity contribution in [3.8, 4) is 0 Å². The van der Waals surface area contributed by atoms with Crippen molar-refractivity contribution in [2.24, 2.45) is 11.5 Å². The maximum Gasteiger partial charge on any atom is 0.323 e. The Bertz CT molecular complexity index is 486. The molecule has 2 unspecified atom stereocenters. The zero-order chi connectivity index (χ0) is 18.0. The molecule has 0 saturated heterocycles. The highest BCUT2D eigenvalue weighted by atomic mass is 32.1. The van der Waals surface area contributed by atoms with Gasteiger partial charge in [-0.05, 0) is 0 Å². The molecule has 0 aromatic heterocycles. The van der Waals surface area contributed by atoms with Crippen molar-refractivity contribution in [3.05, 3.63) is 0 Å². The number of nitrogens with two attached hydrogens (primary N) is 2. The normalized spacial score (nSPS) is 12.4. The first kappa shape index (κ1) is 20.5. The molecular formula is C10H18N6O6S. The van der Waals surface area contributed by atoms with Gasteiger partial charge in [-0.15, -0.1) is 0 Å². The van der Waals surface area contributed by atoms with Gasteiger partial charge in [0.25, 0.3) is 11.8 Å². The number of hydrogen-bond donors (Lipinski definition) is 8. The largest absolute Gasteiger partial charge is 0.480 e. The van der Waals surface area contributed by atoms with Gasteiger partial charge in [0, 0.05) is 5.75 Å². The van der Waals surface area contributed by atoms with Gasteiger partial charge in [0.15, 0.2) is 0 Å². The summed E-state index contributed by atoms with van der Waals surface area (Å²) < 4.78 is 0. The number of hydrazine groups is 1. The number of nitrogens with one attached hydrogen (secondary N) is 4. The molecule has 130 valence electrons. The van der Waals surface area contributed by atoms with E-state index in [4.69, 9.17) is 16.6 Å². The van der Waals surface area contributed by atoms with Gasteiger partial charge in [0.2, 0.25) is 5.91 Å². The van der Waals surface area contributed by atoms with Crippen molar-refractivity contribution >= 4 is 42.4 Å². The van der Waals surface area contributed by atoms with Gasteiger partial charge >= 0.3 is 12.0 Å². The number of carboxylic acid groups (broad SMARTS) is 1. The molecule has 0 rings (SSSR count). The molecule has 0 aliphatic heterocycles. The summed E-state index contributed by atoms with van der Waals surface area (Å²) in [5.74, 6) is -3.86. The summed E-state index contributed by atoms with van der Waals surface area (Å²) in [6, 6.07) is -3.40. The summed E-state index contributed by atoms with van der Waals surface area (Å²) in [7, 11) is 0. The monoisotopic (exact) mass is 350 g/mol. The lowest BCUT2D eigenvalue weighted by molar-refractivity contribution is -0.135. The average molecular weight is 350 g/mol. The second-order valence-electron chi connectivity index (χ2n) is 4.21. The summed E-state index contributed by atoms with van der Waals surface area (Å²) in [5, 5.41) is 12.4. The number of aliphatic carboxylic acids is 1. The molecule has 0 spiro atoms. The van der Waals surface area contributed by atoms with E-state index in [9.17, 15) is 24.0 Å². The predicted molar refractivity (Wildman–Crippen MR) is 79.9 cm³/mol. The van der Waals surface area contributed by atoms with E-state index in [-0.39, 0.29) is 5.75 Å². The van der Waals surface area contributed by atoms with Crippen molar-refractivity contribution in [1.82, 2.24) is 21.5 Å². The van der Waals surface area contributed by atoms with Gasteiger partial charge < -0.3 is 27.2 Å². The van der Waals surface area contributed by atoms with E-state index in [0.717, 1.165) is 0 Å². The number of thiol groups is 1. The third kappa shape index (κ3) is 9.15. The standard InChI is InChI=1S/C10H18N6O6S/c11-4(3-23)8(20)15-16-9(21)5(1-6(12)17)14-10(22)13-2-7(18)19/h4-5,23H,1-3,11H2,(H2,12,17)(H,15,20)(H,16,21)(H,18,19)(H2,13,14,22). The van der Waals surface area contributed by atoms with Crippen LogP contribution in [0.1, 0.15) is 6.42 Å². The molecule has 0 radical (unpaired) electrons. The number of hydrogen-bond acceptors (Lipinski definition) is 7. The SMILES string of the molecule is NC(=O)CC(NC(=O)NCC(=O)O)C(=O)NNC(=O)C(N)CS. The Morgan fingerprint density at radius 2 is 1.65 bits per heavy atom. The number of carboxylic acids is 1. The van der Waals surface area contributed by atoms with Gasteiger partial charge in [0.05, 0.1) is 12.5 Å². The topological polar surface area (TPSA) is 206 Å². The van der Waals surface area contributed by atoms with Crippen LogP contribution in [0, 0.1) is 0 Å². The van der Waals surface area contributed by atoms with E-state index in [2.05, 4.69) is 12.6 Å². The molecule has 0 heterocycles. The Balaban J connectivity index is 4.60. The molecule has 9 N–H and O–H groups in total. The Morgan fingerprint density at radius 3 is 2.13 bits per heavy atom. The zero-order valence-electron chi connectivity index (χ0n) is 11.9. The third-order valence-electron chi connectivity index (χ3n) is 2.27. The van der Waals surface area contributed by atoms with Crippen molar-refractivity contribution in [2.75, 3.05) is 12.3 Å². The Kier molecular flexibility index (Phi) is 9.10. The lowest BCUT2D eigenvalue weighted by Crippen LogP contribution is -2.57. The summed E-state index contributed by atoms with van der Waals surface area (Å²) in [6.07, 6.45) is -0.569. The molecule has 0 aromatic rings. The number of amides is 5. The van der Waals surface area contributed by atoms with Crippen molar-refractivity contribution in [2.45, 2.75) is 18.5 Å². The predicted octanol–water partition coefficient (Wildman–Crippen LogP) is -3.98. The van der Waals surface area contributed by atoms with Crippen LogP contribution >= 0.6 is 12.6 Å². The maximum atomic E-state index is 11.8. The van der Waals surface area contributed by atoms with E-state index in [0.29, 0.717) is 0 Å².